The van der Waals surface area contributed by atoms with Crippen molar-refractivity contribution in [3.05, 3.63) is 0 Å². The van der Waals surface area contributed by atoms with Gasteiger partial charge in [-0.2, -0.15) is 0 Å². The molecule has 2 N–H and O–H groups in total. The Morgan fingerprint density at radius 3 is 2.84 bits per heavy atom. The first-order valence-corrected chi connectivity index (χ1v) is 8.42. The van der Waals surface area contributed by atoms with Crippen molar-refractivity contribution in [1.82, 2.24) is 10.6 Å². The Kier molecular flexibility index (Phi) is 3.74. The molecular formula is C14H23N3OS. The fourth-order valence-electron chi connectivity index (χ4n) is 3.18. The second-order valence-corrected chi connectivity index (χ2v) is 7.22. The third-order valence-electron chi connectivity index (χ3n) is 4.62. The molecule has 1 saturated carbocycles. The molecule has 0 radical (unpaired) electrons. The molecule has 2 aliphatic heterocycles. The van der Waals surface area contributed by atoms with E-state index in [-0.39, 0.29) is 17.5 Å². The first kappa shape index (κ1) is 13.3. The van der Waals surface area contributed by atoms with E-state index in [2.05, 4.69) is 22.5 Å². The molecule has 19 heavy (non-hydrogen) atoms. The second-order valence-electron chi connectivity index (χ2n) is 6.26. The van der Waals surface area contributed by atoms with E-state index in [1.807, 2.05) is 0 Å². The number of thioether (sulfide) groups is 1. The zero-order valence-electron chi connectivity index (χ0n) is 11.6. The van der Waals surface area contributed by atoms with Gasteiger partial charge in [0.15, 0.2) is 5.17 Å². The average Bonchev–Trinajstić information content (AvgIpc) is 2.80. The van der Waals surface area contributed by atoms with Gasteiger partial charge in [0.1, 0.15) is 6.04 Å². The van der Waals surface area contributed by atoms with Crippen LogP contribution in [0.15, 0.2) is 4.99 Å². The Morgan fingerprint density at radius 2 is 2.11 bits per heavy atom. The summed E-state index contributed by atoms with van der Waals surface area (Å²) in [5, 5.41) is 7.52. The van der Waals surface area contributed by atoms with E-state index in [1.54, 1.807) is 11.8 Å². The van der Waals surface area contributed by atoms with Crippen LogP contribution in [0.5, 0.6) is 0 Å². The molecule has 0 bridgehead atoms. The van der Waals surface area contributed by atoms with Crippen molar-refractivity contribution in [3.8, 4) is 0 Å². The van der Waals surface area contributed by atoms with Crippen molar-refractivity contribution in [1.29, 1.82) is 0 Å². The minimum absolute atomic E-state index is 0.0966. The normalized spacial score (nSPS) is 41.3. The Morgan fingerprint density at radius 1 is 1.32 bits per heavy atom. The van der Waals surface area contributed by atoms with E-state index < -0.39 is 0 Å². The predicted octanol–water partition coefficient (Wildman–Crippen LogP) is 1.91. The highest BCUT2D eigenvalue weighted by atomic mass is 32.2. The van der Waals surface area contributed by atoms with Crippen LogP contribution in [0.4, 0.5) is 0 Å². The lowest BCUT2D eigenvalue weighted by atomic mass is 9.78. The number of nitrogens with one attached hydrogen (secondary N) is 2. The van der Waals surface area contributed by atoms with Gasteiger partial charge in [-0.05, 0) is 44.4 Å². The van der Waals surface area contributed by atoms with Crippen molar-refractivity contribution in [2.75, 3.05) is 12.3 Å². The van der Waals surface area contributed by atoms with Gasteiger partial charge in [-0.25, -0.2) is 4.99 Å². The standard InChI is InChI=1S/C14H23N3OS/c1-10-4-6-14(7-5-10)9-19-13(17-14)16-11-3-2-8-15-12(11)18/h10-11H,2-9H2,1H3,(H,15,18)(H,16,17). The molecule has 1 spiro atoms. The van der Waals surface area contributed by atoms with Crippen LogP contribution >= 0.6 is 11.8 Å². The molecule has 0 aromatic rings. The number of nitrogens with zero attached hydrogens (tertiary/aromatic N) is 1. The maximum atomic E-state index is 11.7. The molecule has 1 unspecified atom stereocenters. The lowest BCUT2D eigenvalue weighted by molar-refractivity contribution is -0.123. The van der Waals surface area contributed by atoms with E-state index in [0.717, 1.165) is 36.2 Å². The summed E-state index contributed by atoms with van der Waals surface area (Å²) in [6, 6.07) is -0.165. The number of hydrogen-bond donors (Lipinski definition) is 2. The highest BCUT2D eigenvalue weighted by Gasteiger charge is 2.40. The Balaban J connectivity index is 1.63. The molecule has 1 amide bonds. The third kappa shape index (κ3) is 2.91. The van der Waals surface area contributed by atoms with Gasteiger partial charge in [0, 0.05) is 17.8 Å². The fourth-order valence-corrected chi connectivity index (χ4v) is 4.44. The van der Waals surface area contributed by atoms with Gasteiger partial charge >= 0.3 is 0 Å². The predicted molar refractivity (Wildman–Crippen MR) is 79.4 cm³/mol. The monoisotopic (exact) mass is 281 g/mol. The van der Waals surface area contributed by atoms with Crippen LogP contribution in [-0.4, -0.2) is 35.0 Å². The molecule has 0 aromatic carbocycles. The van der Waals surface area contributed by atoms with Crippen LogP contribution in [0.2, 0.25) is 0 Å². The number of amidine groups is 1. The summed E-state index contributed by atoms with van der Waals surface area (Å²) < 4.78 is 0. The maximum absolute atomic E-state index is 11.7. The quantitative estimate of drug-likeness (QED) is 0.772. The Bertz CT molecular complexity index is 388. The molecule has 1 aliphatic carbocycles. The van der Waals surface area contributed by atoms with E-state index in [1.165, 1.54) is 25.7 Å². The first-order chi connectivity index (χ1) is 9.17. The second kappa shape index (κ2) is 5.35. The van der Waals surface area contributed by atoms with Gasteiger partial charge in [0.2, 0.25) is 5.91 Å². The van der Waals surface area contributed by atoms with E-state index in [0.29, 0.717) is 0 Å². The summed E-state index contributed by atoms with van der Waals surface area (Å²) in [6.45, 7) is 3.15. The number of piperidine rings is 1. The maximum Gasteiger partial charge on any atom is 0.244 e. The number of hydrogen-bond acceptors (Lipinski definition) is 3. The zero-order chi connectivity index (χ0) is 13.3. The number of rotatable bonds is 1. The summed E-state index contributed by atoms with van der Waals surface area (Å²) in [5.74, 6) is 2.08. The summed E-state index contributed by atoms with van der Waals surface area (Å²) in [5.41, 5.74) is 0.265. The van der Waals surface area contributed by atoms with Gasteiger partial charge in [-0.1, -0.05) is 18.7 Å². The van der Waals surface area contributed by atoms with Crippen molar-refractivity contribution < 1.29 is 4.79 Å². The number of amides is 1. The lowest BCUT2D eigenvalue weighted by Gasteiger charge is -2.35. The van der Waals surface area contributed by atoms with E-state index in [4.69, 9.17) is 0 Å². The Hall–Kier alpha value is -0.710. The highest BCUT2D eigenvalue weighted by molar-refractivity contribution is 8.14. The van der Waals surface area contributed by atoms with Crippen LogP contribution in [-0.2, 0) is 4.79 Å². The molecule has 1 atom stereocenters. The molecule has 5 heteroatoms. The van der Waals surface area contributed by atoms with Gasteiger partial charge in [0.25, 0.3) is 0 Å². The smallest absolute Gasteiger partial charge is 0.244 e. The van der Waals surface area contributed by atoms with Gasteiger partial charge < -0.3 is 10.6 Å². The van der Waals surface area contributed by atoms with Crippen LogP contribution in [0, 0.1) is 5.92 Å². The Labute approximate surface area is 119 Å². The van der Waals surface area contributed by atoms with Crippen LogP contribution in [0.3, 0.4) is 0 Å². The zero-order valence-corrected chi connectivity index (χ0v) is 12.4. The van der Waals surface area contributed by atoms with Gasteiger partial charge in [0.05, 0.1) is 0 Å². The SMILES string of the molecule is CC1CCC2(CC1)CSC(=NC1CCCNC1=O)N2. The van der Waals surface area contributed by atoms with Crippen molar-refractivity contribution >= 4 is 22.8 Å². The summed E-state index contributed by atoms with van der Waals surface area (Å²) in [7, 11) is 0. The highest BCUT2D eigenvalue weighted by Crippen LogP contribution is 2.38. The number of carbonyl (C=O) groups is 1. The summed E-state index contributed by atoms with van der Waals surface area (Å²) in [6.07, 6.45) is 7.05. The molecule has 3 aliphatic rings. The van der Waals surface area contributed by atoms with Crippen LogP contribution < -0.4 is 10.6 Å². The summed E-state index contributed by atoms with van der Waals surface area (Å²) >= 11 is 1.80. The van der Waals surface area contributed by atoms with Crippen molar-refractivity contribution in [3.63, 3.8) is 0 Å². The minimum Gasteiger partial charge on any atom is -0.359 e. The molecule has 2 saturated heterocycles. The van der Waals surface area contributed by atoms with Crippen LogP contribution in [0.1, 0.15) is 45.4 Å². The van der Waals surface area contributed by atoms with Gasteiger partial charge in [-0.15, -0.1) is 0 Å². The van der Waals surface area contributed by atoms with Gasteiger partial charge in [-0.3, -0.25) is 4.79 Å². The topological polar surface area (TPSA) is 53.5 Å². The molecule has 106 valence electrons. The number of carbonyl (C=O) groups excluding carboxylic acids is 1. The van der Waals surface area contributed by atoms with Crippen LogP contribution in [0.25, 0.3) is 0 Å². The minimum atomic E-state index is -0.165. The fraction of sp³-hybridized carbons (Fsp3) is 0.857. The molecule has 3 fully saturated rings. The molecular weight excluding hydrogens is 258 g/mol. The van der Waals surface area contributed by atoms with Crippen molar-refractivity contribution in [2.45, 2.75) is 57.0 Å². The third-order valence-corrected chi connectivity index (χ3v) is 5.80. The largest absolute Gasteiger partial charge is 0.359 e. The molecule has 0 aromatic heterocycles. The molecule has 3 rings (SSSR count). The van der Waals surface area contributed by atoms with E-state index in [9.17, 15) is 4.79 Å². The lowest BCUT2D eigenvalue weighted by Crippen LogP contribution is -2.47. The van der Waals surface area contributed by atoms with Crippen molar-refractivity contribution in [2.24, 2.45) is 10.9 Å². The van der Waals surface area contributed by atoms with E-state index >= 15 is 0 Å². The first-order valence-electron chi connectivity index (χ1n) is 7.43. The summed E-state index contributed by atoms with van der Waals surface area (Å²) in [4.78, 5) is 16.4. The average molecular weight is 281 g/mol. The number of aliphatic imine (C=N–C) groups is 1. The molecule has 2 heterocycles. The molecule has 4 nitrogen and oxygen atoms in total.